The molecule has 0 saturated carbocycles. The van der Waals surface area contributed by atoms with Gasteiger partial charge < -0.3 is 14.8 Å². The van der Waals surface area contributed by atoms with Crippen LogP contribution in [0.5, 0.6) is 0 Å². The summed E-state index contributed by atoms with van der Waals surface area (Å²) in [7, 11) is 0. The van der Waals surface area contributed by atoms with E-state index in [1.165, 1.54) is 5.56 Å². The molecule has 1 aliphatic rings. The largest absolute Gasteiger partial charge is 0.349 e. The summed E-state index contributed by atoms with van der Waals surface area (Å²) in [5.74, 6) is 0.146. The maximum Gasteiger partial charge on any atom is 0.287 e. The van der Waals surface area contributed by atoms with E-state index in [9.17, 15) is 9.59 Å². The predicted molar refractivity (Wildman–Crippen MR) is 114 cm³/mol. The minimum absolute atomic E-state index is 0.0392. The summed E-state index contributed by atoms with van der Waals surface area (Å²) >= 11 is 0. The van der Waals surface area contributed by atoms with Crippen LogP contribution in [0.2, 0.25) is 0 Å². The highest BCUT2D eigenvalue weighted by atomic mass is 16.2. The fraction of sp³-hybridized carbons (Fsp3) is 0.522. The van der Waals surface area contributed by atoms with Crippen LogP contribution in [0.1, 0.15) is 71.9 Å². The van der Waals surface area contributed by atoms with Crippen LogP contribution >= 0.6 is 0 Å². The van der Waals surface area contributed by atoms with Gasteiger partial charge in [-0.25, -0.2) is 4.98 Å². The second-order valence-corrected chi connectivity index (χ2v) is 7.62. The lowest BCUT2D eigenvalue weighted by Gasteiger charge is -2.22. The fourth-order valence-electron chi connectivity index (χ4n) is 3.94. The lowest BCUT2D eigenvalue weighted by Crippen LogP contribution is -2.33. The average molecular weight is 397 g/mol. The molecular weight excluding hydrogens is 364 g/mol. The third kappa shape index (κ3) is 5.05. The maximum absolute atomic E-state index is 13.2. The number of fused-ring (bicyclic) bond motifs is 1. The number of hydrogen-bond donors (Lipinski definition) is 1. The number of imidazole rings is 1. The Labute approximate surface area is 173 Å². The molecule has 3 rings (SSSR count). The van der Waals surface area contributed by atoms with Crippen molar-refractivity contribution < 1.29 is 9.59 Å². The lowest BCUT2D eigenvalue weighted by atomic mass is 10.1. The van der Waals surface area contributed by atoms with E-state index < -0.39 is 0 Å². The number of benzene rings is 1. The fourth-order valence-corrected chi connectivity index (χ4v) is 3.94. The predicted octanol–water partition coefficient (Wildman–Crippen LogP) is 3.45. The van der Waals surface area contributed by atoms with Gasteiger partial charge in [0.1, 0.15) is 5.69 Å². The van der Waals surface area contributed by atoms with Crippen LogP contribution in [0.25, 0.3) is 0 Å². The van der Waals surface area contributed by atoms with E-state index >= 15 is 0 Å². The SMILES string of the molecule is CCCN(CCC)C(=O)c1nc(C(=O)NCCc2ccccc2)n2c1CCCC2. The number of carbonyl (C=O) groups excluding carboxylic acids is 2. The number of carbonyl (C=O) groups is 2. The van der Waals surface area contributed by atoms with E-state index in [4.69, 9.17) is 0 Å². The Morgan fingerprint density at radius 2 is 1.83 bits per heavy atom. The first-order chi connectivity index (χ1) is 14.2. The molecule has 0 fully saturated rings. The molecule has 0 unspecified atom stereocenters. The van der Waals surface area contributed by atoms with Crippen molar-refractivity contribution in [2.75, 3.05) is 19.6 Å². The molecule has 6 nitrogen and oxygen atoms in total. The molecule has 0 radical (unpaired) electrons. The first kappa shape index (κ1) is 21.1. The van der Waals surface area contributed by atoms with Gasteiger partial charge in [0.05, 0.1) is 5.69 Å². The first-order valence-corrected chi connectivity index (χ1v) is 10.9. The Balaban J connectivity index is 1.76. The van der Waals surface area contributed by atoms with Crippen LogP contribution in [-0.4, -0.2) is 45.9 Å². The van der Waals surface area contributed by atoms with Crippen molar-refractivity contribution >= 4 is 11.8 Å². The van der Waals surface area contributed by atoms with E-state index in [0.29, 0.717) is 18.1 Å². The van der Waals surface area contributed by atoms with Gasteiger partial charge in [0.2, 0.25) is 0 Å². The third-order valence-electron chi connectivity index (χ3n) is 5.34. The molecule has 2 heterocycles. The van der Waals surface area contributed by atoms with Gasteiger partial charge in [0.15, 0.2) is 5.82 Å². The number of nitrogens with zero attached hydrogens (tertiary/aromatic N) is 3. The summed E-state index contributed by atoms with van der Waals surface area (Å²) in [6.07, 6.45) is 5.44. The first-order valence-electron chi connectivity index (χ1n) is 10.9. The van der Waals surface area contributed by atoms with Gasteiger partial charge in [-0.3, -0.25) is 9.59 Å². The zero-order valence-electron chi connectivity index (χ0n) is 17.6. The summed E-state index contributed by atoms with van der Waals surface area (Å²) in [4.78, 5) is 32.4. The summed E-state index contributed by atoms with van der Waals surface area (Å²) in [5.41, 5.74) is 2.58. The smallest absolute Gasteiger partial charge is 0.287 e. The topological polar surface area (TPSA) is 67.2 Å². The molecule has 0 atom stereocenters. The highest BCUT2D eigenvalue weighted by molar-refractivity contribution is 5.97. The van der Waals surface area contributed by atoms with Crippen molar-refractivity contribution in [3.63, 3.8) is 0 Å². The maximum atomic E-state index is 13.2. The van der Waals surface area contributed by atoms with Crippen LogP contribution in [0.3, 0.4) is 0 Å². The Kier molecular flexibility index (Phi) is 7.44. The molecule has 1 N–H and O–H groups in total. The van der Waals surface area contributed by atoms with E-state index in [1.807, 2.05) is 27.7 Å². The van der Waals surface area contributed by atoms with Crippen LogP contribution in [-0.2, 0) is 19.4 Å². The molecule has 1 aliphatic heterocycles. The summed E-state index contributed by atoms with van der Waals surface area (Å²) in [5, 5.41) is 2.98. The molecule has 0 bridgehead atoms. The van der Waals surface area contributed by atoms with Crippen molar-refractivity contribution in [2.24, 2.45) is 0 Å². The highest BCUT2D eigenvalue weighted by Crippen LogP contribution is 2.22. The molecule has 0 spiro atoms. The number of amides is 2. The van der Waals surface area contributed by atoms with Gasteiger partial charge >= 0.3 is 0 Å². The molecule has 2 amide bonds. The summed E-state index contributed by atoms with van der Waals surface area (Å²) < 4.78 is 1.96. The molecule has 1 aromatic carbocycles. The van der Waals surface area contributed by atoms with Crippen molar-refractivity contribution in [3.8, 4) is 0 Å². The van der Waals surface area contributed by atoms with Gasteiger partial charge in [-0.2, -0.15) is 0 Å². The van der Waals surface area contributed by atoms with Crippen molar-refractivity contribution in [1.29, 1.82) is 0 Å². The normalized spacial score (nSPS) is 13.0. The van der Waals surface area contributed by atoms with Crippen LogP contribution in [0, 0.1) is 0 Å². The van der Waals surface area contributed by atoms with Crippen LogP contribution in [0.4, 0.5) is 0 Å². The zero-order valence-corrected chi connectivity index (χ0v) is 17.6. The zero-order chi connectivity index (χ0) is 20.6. The van der Waals surface area contributed by atoms with Crippen LogP contribution in [0.15, 0.2) is 30.3 Å². The summed E-state index contributed by atoms with van der Waals surface area (Å²) in [6.45, 7) is 6.88. The molecule has 6 heteroatoms. The third-order valence-corrected chi connectivity index (χ3v) is 5.34. The standard InChI is InChI=1S/C23H32N4O2/c1-3-15-26(16-4-2)23(29)20-19-12-8-9-17-27(19)21(25-20)22(28)24-14-13-18-10-6-5-7-11-18/h5-7,10-11H,3-4,8-9,12-17H2,1-2H3,(H,24,28). The molecule has 2 aromatic rings. The summed E-state index contributed by atoms with van der Waals surface area (Å²) in [6, 6.07) is 10.1. The van der Waals surface area contributed by atoms with Gasteiger partial charge in [-0.15, -0.1) is 0 Å². The van der Waals surface area contributed by atoms with E-state index in [-0.39, 0.29) is 11.8 Å². The quantitative estimate of drug-likeness (QED) is 0.706. The molecule has 29 heavy (non-hydrogen) atoms. The minimum atomic E-state index is -0.194. The highest BCUT2D eigenvalue weighted by Gasteiger charge is 2.29. The van der Waals surface area contributed by atoms with Gasteiger partial charge in [0.25, 0.3) is 11.8 Å². The molecular formula is C23H32N4O2. The lowest BCUT2D eigenvalue weighted by molar-refractivity contribution is 0.0748. The van der Waals surface area contributed by atoms with Crippen molar-refractivity contribution in [3.05, 3.63) is 53.1 Å². The number of rotatable bonds is 9. The number of nitrogens with one attached hydrogen (secondary N) is 1. The second kappa shape index (κ2) is 10.2. The minimum Gasteiger partial charge on any atom is -0.349 e. The molecule has 156 valence electrons. The van der Waals surface area contributed by atoms with Crippen molar-refractivity contribution in [2.45, 2.75) is 58.9 Å². The van der Waals surface area contributed by atoms with Gasteiger partial charge in [-0.1, -0.05) is 44.2 Å². The van der Waals surface area contributed by atoms with E-state index in [2.05, 4.69) is 36.3 Å². The number of aromatic nitrogens is 2. The van der Waals surface area contributed by atoms with Gasteiger partial charge in [0, 0.05) is 26.2 Å². The molecule has 0 aliphatic carbocycles. The van der Waals surface area contributed by atoms with Crippen molar-refractivity contribution in [1.82, 2.24) is 19.8 Å². The van der Waals surface area contributed by atoms with E-state index in [1.54, 1.807) is 0 Å². The number of hydrogen-bond acceptors (Lipinski definition) is 3. The van der Waals surface area contributed by atoms with E-state index in [0.717, 1.165) is 63.9 Å². The Hall–Kier alpha value is -2.63. The Morgan fingerprint density at radius 3 is 2.52 bits per heavy atom. The van der Waals surface area contributed by atoms with Crippen LogP contribution < -0.4 is 5.32 Å². The Bertz CT molecular complexity index is 823. The molecule has 1 aromatic heterocycles. The second-order valence-electron chi connectivity index (χ2n) is 7.62. The average Bonchev–Trinajstić information content (AvgIpc) is 3.14. The molecule has 0 saturated heterocycles. The van der Waals surface area contributed by atoms with Gasteiger partial charge in [-0.05, 0) is 44.1 Å². The Morgan fingerprint density at radius 1 is 1.10 bits per heavy atom. The monoisotopic (exact) mass is 396 g/mol.